The van der Waals surface area contributed by atoms with E-state index in [0.29, 0.717) is 25.9 Å². The maximum Gasteiger partial charge on any atom is 0.346 e. The molecule has 2 aromatic rings. The van der Waals surface area contributed by atoms with Crippen LogP contribution in [-0.2, 0) is 19.1 Å². The molecule has 0 saturated carbocycles. The first kappa shape index (κ1) is 24.3. The van der Waals surface area contributed by atoms with Crippen LogP contribution in [0.3, 0.4) is 0 Å². The molecule has 0 saturated heterocycles. The minimum absolute atomic E-state index is 0.155. The maximum absolute atomic E-state index is 13.6. The summed E-state index contributed by atoms with van der Waals surface area (Å²) < 4.78 is 10.4. The highest BCUT2D eigenvalue weighted by molar-refractivity contribution is 8.29. The molecule has 0 aliphatic carbocycles. The molecule has 4 rings (SSSR count). The monoisotopic (exact) mass is 511 g/mol. The van der Waals surface area contributed by atoms with Gasteiger partial charge in [0.25, 0.3) is 5.91 Å². The Morgan fingerprint density at radius 3 is 1.94 bits per heavy atom. The molecular formula is C25H21NO5S3. The van der Waals surface area contributed by atoms with Crippen molar-refractivity contribution in [1.29, 1.82) is 0 Å². The molecule has 174 valence electrons. The second-order valence-corrected chi connectivity index (χ2v) is 10.6. The zero-order chi connectivity index (χ0) is 24.6. The third kappa shape index (κ3) is 3.97. The van der Waals surface area contributed by atoms with E-state index in [-0.39, 0.29) is 15.7 Å². The van der Waals surface area contributed by atoms with Crippen molar-refractivity contribution in [1.82, 2.24) is 0 Å². The van der Waals surface area contributed by atoms with E-state index < -0.39 is 17.5 Å². The van der Waals surface area contributed by atoms with Crippen LogP contribution in [0, 0.1) is 0 Å². The Balaban J connectivity index is 1.89. The highest BCUT2D eigenvalue weighted by Gasteiger charge is 2.46. The van der Waals surface area contributed by atoms with Crippen LogP contribution in [0.15, 0.2) is 68.6 Å². The number of methoxy groups -OCH3 is 2. The predicted octanol–water partition coefficient (Wildman–Crippen LogP) is 5.20. The lowest BCUT2D eigenvalue weighted by atomic mass is 9.83. The smallest absolute Gasteiger partial charge is 0.346 e. The molecule has 0 spiro atoms. The second kappa shape index (κ2) is 9.40. The van der Waals surface area contributed by atoms with Gasteiger partial charge in [0.2, 0.25) is 0 Å². The van der Waals surface area contributed by atoms with Gasteiger partial charge in [-0.25, -0.2) is 9.59 Å². The van der Waals surface area contributed by atoms with Gasteiger partial charge in [0.1, 0.15) is 9.81 Å². The lowest BCUT2D eigenvalue weighted by molar-refractivity contribution is -0.138. The Bertz CT molecular complexity index is 1250. The predicted molar refractivity (Wildman–Crippen MR) is 140 cm³/mol. The van der Waals surface area contributed by atoms with Crippen molar-refractivity contribution in [3.05, 3.63) is 79.8 Å². The van der Waals surface area contributed by atoms with Crippen LogP contribution >= 0.6 is 35.7 Å². The summed E-state index contributed by atoms with van der Waals surface area (Å²) in [5.41, 5.74) is 1.85. The highest BCUT2D eigenvalue weighted by atomic mass is 32.2. The number of para-hydroxylation sites is 1. The average molecular weight is 512 g/mol. The summed E-state index contributed by atoms with van der Waals surface area (Å²) in [6.07, 6.45) is 0. The molecule has 2 aromatic carbocycles. The standard InChI is InChI=1S/C25H21NO5S3/c1-25(2)20(32)17(24-33-18(22(28)30-3)19(34-24)23(29)31-4)15-12-8-9-13-16(15)26(25)21(27)14-10-6-5-7-11-14/h5-13H,1-4H3. The van der Waals surface area contributed by atoms with Crippen molar-refractivity contribution in [2.45, 2.75) is 19.4 Å². The van der Waals surface area contributed by atoms with Crippen molar-refractivity contribution in [3.63, 3.8) is 0 Å². The molecule has 2 heterocycles. The summed E-state index contributed by atoms with van der Waals surface area (Å²) in [6, 6.07) is 16.5. The molecule has 1 amide bonds. The van der Waals surface area contributed by atoms with Crippen molar-refractivity contribution in [3.8, 4) is 0 Å². The number of rotatable bonds is 3. The number of hydrogen-bond donors (Lipinski definition) is 0. The fourth-order valence-electron chi connectivity index (χ4n) is 3.84. The first-order valence-electron chi connectivity index (χ1n) is 10.3. The zero-order valence-electron chi connectivity index (χ0n) is 18.9. The maximum atomic E-state index is 13.6. The average Bonchev–Trinajstić information content (AvgIpc) is 3.29. The number of carbonyl (C=O) groups is 3. The lowest BCUT2D eigenvalue weighted by Gasteiger charge is -2.45. The summed E-state index contributed by atoms with van der Waals surface area (Å²) in [5.74, 6) is -1.41. The number of thiocarbonyl (C=S) groups is 1. The zero-order valence-corrected chi connectivity index (χ0v) is 21.4. The van der Waals surface area contributed by atoms with E-state index in [1.165, 1.54) is 14.2 Å². The van der Waals surface area contributed by atoms with Crippen LogP contribution in [-0.4, -0.2) is 42.5 Å². The largest absolute Gasteiger partial charge is 0.465 e. The molecule has 0 N–H and O–H groups in total. The molecule has 0 bridgehead atoms. The molecule has 6 nitrogen and oxygen atoms in total. The third-order valence-corrected chi connectivity index (χ3v) is 8.78. The van der Waals surface area contributed by atoms with Crippen LogP contribution in [0.4, 0.5) is 5.69 Å². The van der Waals surface area contributed by atoms with Crippen LogP contribution in [0.1, 0.15) is 29.8 Å². The summed E-state index contributed by atoms with van der Waals surface area (Å²) in [7, 11) is 2.52. The van der Waals surface area contributed by atoms with E-state index in [2.05, 4.69) is 0 Å². The summed E-state index contributed by atoms with van der Waals surface area (Å²) in [4.78, 5) is 41.0. The second-order valence-electron chi connectivity index (χ2n) is 7.92. The van der Waals surface area contributed by atoms with E-state index in [4.69, 9.17) is 21.7 Å². The minimum atomic E-state index is -0.862. The van der Waals surface area contributed by atoms with Crippen LogP contribution in [0.25, 0.3) is 5.57 Å². The van der Waals surface area contributed by atoms with E-state index in [0.717, 1.165) is 29.1 Å². The van der Waals surface area contributed by atoms with Gasteiger partial charge in [-0.15, -0.1) is 0 Å². The molecular weight excluding hydrogens is 490 g/mol. The number of carbonyl (C=O) groups excluding carboxylic acids is 3. The minimum Gasteiger partial charge on any atom is -0.465 e. The fourth-order valence-corrected chi connectivity index (χ4v) is 6.88. The number of thioether (sulfide) groups is 2. The molecule has 0 aromatic heterocycles. The van der Waals surface area contributed by atoms with Crippen LogP contribution in [0.2, 0.25) is 0 Å². The van der Waals surface area contributed by atoms with Gasteiger partial charge in [0.05, 0.1) is 34.5 Å². The topological polar surface area (TPSA) is 72.9 Å². The van der Waals surface area contributed by atoms with Gasteiger partial charge in [-0.05, 0) is 32.0 Å². The van der Waals surface area contributed by atoms with E-state index in [9.17, 15) is 14.4 Å². The quantitative estimate of drug-likeness (QED) is 0.316. The number of benzene rings is 2. The molecule has 0 unspecified atom stereocenters. The highest BCUT2D eigenvalue weighted by Crippen LogP contribution is 2.56. The normalized spacial score (nSPS) is 16.9. The van der Waals surface area contributed by atoms with Gasteiger partial charge in [0, 0.05) is 16.7 Å². The van der Waals surface area contributed by atoms with Crippen molar-refractivity contribution < 1.29 is 23.9 Å². The Morgan fingerprint density at radius 2 is 1.38 bits per heavy atom. The molecule has 2 aliphatic rings. The molecule has 9 heteroatoms. The number of ether oxygens (including phenoxy) is 2. The summed E-state index contributed by atoms with van der Waals surface area (Å²) >= 11 is 8.22. The van der Waals surface area contributed by atoms with Gasteiger partial charge in [-0.3, -0.25) is 9.69 Å². The SMILES string of the molecule is COC(=O)C1=C(C(=O)OC)SC(=C2C(=S)C(C)(C)N(C(=O)c3ccccc3)c3ccccc32)S1. The lowest BCUT2D eigenvalue weighted by Crippen LogP contribution is -2.55. The Labute approximate surface area is 211 Å². The number of anilines is 1. The number of hydrogen-bond acceptors (Lipinski definition) is 8. The molecule has 0 radical (unpaired) electrons. The molecule has 0 atom stereocenters. The van der Waals surface area contributed by atoms with Crippen molar-refractivity contribution in [2.75, 3.05) is 19.1 Å². The molecule has 0 fully saturated rings. The van der Waals surface area contributed by atoms with Crippen molar-refractivity contribution in [2.24, 2.45) is 0 Å². The van der Waals surface area contributed by atoms with E-state index >= 15 is 0 Å². The Morgan fingerprint density at radius 1 is 0.853 bits per heavy atom. The van der Waals surface area contributed by atoms with Crippen molar-refractivity contribution >= 4 is 69.7 Å². The number of nitrogens with zero attached hydrogens (tertiary/aromatic N) is 1. The van der Waals surface area contributed by atoms with Gasteiger partial charge in [-0.1, -0.05) is 72.1 Å². The first-order chi connectivity index (χ1) is 16.2. The third-order valence-electron chi connectivity index (χ3n) is 5.52. The number of fused-ring (bicyclic) bond motifs is 1. The molecule has 34 heavy (non-hydrogen) atoms. The Kier molecular flexibility index (Phi) is 6.71. The first-order valence-corrected chi connectivity index (χ1v) is 12.3. The van der Waals surface area contributed by atoms with Gasteiger partial charge in [-0.2, -0.15) is 0 Å². The summed E-state index contributed by atoms with van der Waals surface area (Å²) in [5, 5.41) is 0. The number of amides is 1. The van der Waals surface area contributed by atoms with Gasteiger partial charge in [0.15, 0.2) is 0 Å². The van der Waals surface area contributed by atoms with Gasteiger partial charge < -0.3 is 9.47 Å². The summed E-state index contributed by atoms with van der Waals surface area (Å²) in [6.45, 7) is 3.79. The van der Waals surface area contributed by atoms with Gasteiger partial charge >= 0.3 is 11.9 Å². The van der Waals surface area contributed by atoms with E-state index in [1.807, 2.05) is 56.3 Å². The van der Waals surface area contributed by atoms with Crippen LogP contribution in [0.5, 0.6) is 0 Å². The number of esters is 2. The fraction of sp³-hybridized carbons (Fsp3) is 0.200. The Hall–Kier alpha value is -2.88. The van der Waals surface area contributed by atoms with Crippen LogP contribution < -0.4 is 4.90 Å². The van der Waals surface area contributed by atoms with E-state index in [1.54, 1.807) is 17.0 Å². The molecule has 2 aliphatic heterocycles.